The Balaban J connectivity index is 1.92. The number of phenolic OH excluding ortho intramolecular Hbond substituents is 1. The van der Waals surface area contributed by atoms with Crippen molar-refractivity contribution in [3.05, 3.63) is 39.7 Å². The highest BCUT2D eigenvalue weighted by Crippen LogP contribution is 2.54. The molecule has 39 heavy (non-hydrogen) atoms. The van der Waals surface area contributed by atoms with E-state index in [9.17, 15) is 34.8 Å². The Hall–Kier alpha value is -3.41. The van der Waals surface area contributed by atoms with Gasteiger partial charge in [0.1, 0.15) is 22.8 Å². The zero-order chi connectivity index (χ0) is 29.0. The lowest BCUT2D eigenvalue weighted by atomic mass is 9.57. The van der Waals surface area contributed by atoms with E-state index in [1.54, 1.807) is 14.1 Å². The molecular formula is C28H38N4O7. The van der Waals surface area contributed by atoms with Gasteiger partial charge in [-0.3, -0.25) is 19.3 Å². The molecule has 1 aromatic carbocycles. The first-order chi connectivity index (χ1) is 18.3. The fraction of sp³-hybridized carbons (Fsp3) is 0.536. The lowest BCUT2D eigenvalue weighted by molar-refractivity contribution is -0.153. The molecule has 1 fully saturated rings. The molecule has 0 heterocycles. The minimum absolute atomic E-state index is 0.0553. The number of amides is 1. The van der Waals surface area contributed by atoms with E-state index in [4.69, 9.17) is 5.73 Å². The first kappa shape index (κ1) is 28.6. The fourth-order valence-electron chi connectivity index (χ4n) is 6.40. The van der Waals surface area contributed by atoms with Crippen LogP contribution in [0.4, 0.5) is 5.69 Å². The molecule has 0 radical (unpaired) electrons. The monoisotopic (exact) mass is 542 g/mol. The van der Waals surface area contributed by atoms with E-state index in [1.165, 1.54) is 4.90 Å². The van der Waals surface area contributed by atoms with Crippen LogP contribution in [-0.4, -0.2) is 89.2 Å². The number of carbonyl (C=O) groups excluding carboxylic acids is 3. The Morgan fingerprint density at radius 1 is 1.18 bits per heavy atom. The molecule has 7 N–H and O–H groups in total. The van der Waals surface area contributed by atoms with Gasteiger partial charge in [0.05, 0.1) is 11.6 Å². The van der Waals surface area contributed by atoms with Crippen LogP contribution >= 0.6 is 0 Å². The number of fused-ring (bicyclic) bond motifs is 3. The number of hydrogen-bond donors (Lipinski definition) is 6. The number of nitrogens with two attached hydrogens (primary N) is 1. The summed E-state index contributed by atoms with van der Waals surface area (Å²) in [7, 11) is 6.84. The molecule has 1 amide bonds. The molecular weight excluding hydrogens is 504 g/mol. The molecule has 0 unspecified atom stereocenters. The molecule has 4 atom stereocenters. The summed E-state index contributed by atoms with van der Waals surface area (Å²) in [4.78, 5) is 42.7. The fourth-order valence-corrected chi connectivity index (χ4v) is 6.40. The molecule has 0 aliphatic heterocycles. The number of phenols is 1. The second-order valence-corrected chi connectivity index (χ2v) is 11.1. The van der Waals surface area contributed by atoms with Crippen molar-refractivity contribution >= 4 is 28.9 Å². The summed E-state index contributed by atoms with van der Waals surface area (Å²) in [6.07, 6.45) is 2.27. The predicted octanol–water partition coefficient (Wildman–Crippen LogP) is 0.920. The van der Waals surface area contributed by atoms with Crippen LogP contribution in [0.15, 0.2) is 23.0 Å². The number of aromatic hydroxyl groups is 1. The van der Waals surface area contributed by atoms with Crippen molar-refractivity contribution in [3.8, 4) is 5.75 Å². The van der Waals surface area contributed by atoms with Gasteiger partial charge in [-0.05, 0) is 57.5 Å². The van der Waals surface area contributed by atoms with Crippen LogP contribution in [0.1, 0.15) is 42.9 Å². The van der Waals surface area contributed by atoms with Gasteiger partial charge in [0.2, 0.25) is 5.78 Å². The van der Waals surface area contributed by atoms with Crippen LogP contribution in [-0.2, 0) is 27.3 Å². The van der Waals surface area contributed by atoms with Crippen molar-refractivity contribution in [2.24, 2.45) is 17.6 Å². The van der Waals surface area contributed by atoms with E-state index in [0.29, 0.717) is 17.7 Å². The average Bonchev–Trinajstić information content (AvgIpc) is 2.84. The van der Waals surface area contributed by atoms with Crippen molar-refractivity contribution in [1.82, 2.24) is 10.2 Å². The van der Waals surface area contributed by atoms with E-state index < -0.39 is 58.0 Å². The van der Waals surface area contributed by atoms with Crippen LogP contribution in [0.5, 0.6) is 5.75 Å². The van der Waals surface area contributed by atoms with Gasteiger partial charge in [0, 0.05) is 43.4 Å². The molecule has 11 nitrogen and oxygen atoms in total. The number of nitrogens with zero attached hydrogens (tertiary/aromatic N) is 2. The molecule has 1 aromatic rings. The molecule has 0 aromatic heterocycles. The maximum absolute atomic E-state index is 14.0. The largest absolute Gasteiger partial charge is 0.508 e. The predicted molar refractivity (Wildman–Crippen MR) is 145 cm³/mol. The number of nitrogens with one attached hydrogen (secondary N) is 1. The number of Topliss-reactive ketones (excluding diaryl/α,β-unsaturated/α-hetero) is 2. The number of aliphatic hydroxyl groups excluding tert-OH is 2. The van der Waals surface area contributed by atoms with Crippen molar-refractivity contribution in [1.29, 1.82) is 0 Å². The van der Waals surface area contributed by atoms with Crippen molar-refractivity contribution < 1.29 is 34.8 Å². The number of unbranched alkanes of at least 4 members (excludes halogenated alkanes) is 1. The zero-order valence-electron chi connectivity index (χ0n) is 23.0. The number of anilines is 1. The Morgan fingerprint density at radius 2 is 1.85 bits per heavy atom. The third kappa shape index (κ3) is 4.29. The van der Waals surface area contributed by atoms with Crippen molar-refractivity contribution in [2.75, 3.05) is 39.6 Å². The number of benzene rings is 1. The minimum Gasteiger partial charge on any atom is -0.508 e. The third-order valence-corrected chi connectivity index (χ3v) is 8.28. The maximum Gasteiger partial charge on any atom is 0.255 e. The second kappa shape index (κ2) is 10.3. The van der Waals surface area contributed by atoms with Gasteiger partial charge in [-0.1, -0.05) is 13.3 Å². The van der Waals surface area contributed by atoms with E-state index in [1.807, 2.05) is 25.1 Å². The number of likely N-dealkylation sites (N-methyl/N-ethyl adjacent to an activating group) is 1. The molecule has 212 valence electrons. The van der Waals surface area contributed by atoms with Crippen LogP contribution in [0.2, 0.25) is 0 Å². The molecule has 0 bridgehead atoms. The highest BCUT2D eigenvalue weighted by molar-refractivity contribution is 6.24. The van der Waals surface area contributed by atoms with Gasteiger partial charge in [-0.2, -0.15) is 0 Å². The maximum atomic E-state index is 14.0. The quantitative estimate of drug-likeness (QED) is 0.205. The van der Waals surface area contributed by atoms with Gasteiger partial charge in [-0.15, -0.1) is 0 Å². The summed E-state index contributed by atoms with van der Waals surface area (Å²) in [5.41, 5.74) is 3.79. The van der Waals surface area contributed by atoms with Crippen molar-refractivity contribution in [2.45, 2.75) is 50.8 Å². The summed E-state index contributed by atoms with van der Waals surface area (Å²) in [6.45, 7) is 3.15. The molecule has 0 spiro atoms. The lowest BCUT2D eigenvalue weighted by Gasteiger charge is -2.50. The normalized spacial score (nSPS) is 26.5. The number of carbonyl (C=O) groups is 3. The first-order valence-corrected chi connectivity index (χ1v) is 13.2. The number of primary amides is 1. The molecule has 1 saturated carbocycles. The Morgan fingerprint density at radius 3 is 2.41 bits per heavy atom. The molecule has 3 aliphatic rings. The summed E-state index contributed by atoms with van der Waals surface area (Å²) in [5, 5.41) is 48.8. The van der Waals surface area contributed by atoms with Crippen LogP contribution in [0.25, 0.3) is 5.76 Å². The SMILES string of the molecule is CCCCNCc1cc(N(C)C)c2c(c1O)C(O)=C1C(=O)[C@]3(O)C(O)=C(C(N)=O)C(=O)[C@H](N(C)C)[C@H]3C[C@H]1C2. The average molecular weight is 543 g/mol. The topological polar surface area (TPSA) is 177 Å². The highest BCUT2D eigenvalue weighted by Gasteiger charge is 2.64. The number of rotatable bonds is 8. The zero-order valence-corrected chi connectivity index (χ0v) is 23.0. The standard InChI is InChI=1S/C28H38N4O7/c1-6-7-8-30-12-14-11-17(31(2)3)15-9-13-10-16-21(32(4)5)24(35)20(27(29)38)26(37)28(16,39)25(36)18(13)23(34)19(15)22(14)33/h11,13,16,21,30,33-34,37,39H,6-10,12H2,1-5H3,(H2,29,38)/t13-,16-,21-,28+/m1/s1. The number of aliphatic hydroxyl groups is 3. The Bertz CT molecular complexity index is 1300. The second-order valence-electron chi connectivity index (χ2n) is 11.1. The number of hydrogen-bond acceptors (Lipinski definition) is 10. The first-order valence-electron chi connectivity index (χ1n) is 13.2. The van der Waals surface area contributed by atoms with Crippen LogP contribution in [0.3, 0.4) is 0 Å². The van der Waals surface area contributed by atoms with E-state index in [-0.39, 0.29) is 29.7 Å². The lowest BCUT2D eigenvalue weighted by Crippen LogP contribution is -2.65. The highest BCUT2D eigenvalue weighted by atomic mass is 16.3. The summed E-state index contributed by atoms with van der Waals surface area (Å²) in [6, 6.07) is 0.744. The molecule has 4 rings (SSSR count). The Kier molecular flexibility index (Phi) is 7.54. The smallest absolute Gasteiger partial charge is 0.255 e. The van der Waals surface area contributed by atoms with E-state index in [2.05, 4.69) is 12.2 Å². The van der Waals surface area contributed by atoms with Crippen LogP contribution in [0, 0.1) is 11.8 Å². The van der Waals surface area contributed by atoms with Gasteiger partial charge in [0.25, 0.3) is 5.91 Å². The van der Waals surface area contributed by atoms with Gasteiger partial charge in [0.15, 0.2) is 11.4 Å². The summed E-state index contributed by atoms with van der Waals surface area (Å²) >= 11 is 0. The molecule has 0 saturated heterocycles. The summed E-state index contributed by atoms with van der Waals surface area (Å²) in [5.74, 6) is -6.51. The van der Waals surface area contributed by atoms with Gasteiger partial charge in [-0.25, -0.2) is 0 Å². The Labute approximate surface area is 227 Å². The van der Waals surface area contributed by atoms with E-state index >= 15 is 0 Å². The third-order valence-electron chi connectivity index (χ3n) is 8.28. The van der Waals surface area contributed by atoms with Gasteiger partial charge >= 0.3 is 0 Å². The number of ketones is 2. The van der Waals surface area contributed by atoms with E-state index in [0.717, 1.165) is 25.1 Å². The molecule has 11 heteroatoms. The van der Waals surface area contributed by atoms with Gasteiger partial charge < -0.3 is 36.4 Å². The molecule has 3 aliphatic carbocycles. The van der Waals surface area contributed by atoms with Crippen LogP contribution < -0.4 is 16.0 Å². The minimum atomic E-state index is -2.65. The summed E-state index contributed by atoms with van der Waals surface area (Å²) < 4.78 is 0. The van der Waals surface area contributed by atoms with Crippen molar-refractivity contribution in [3.63, 3.8) is 0 Å².